The van der Waals surface area contributed by atoms with Crippen molar-refractivity contribution < 1.29 is 9.53 Å². The third-order valence-corrected chi connectivity index (χ3v) is 3.64. The minimum Gasteiger partial charge on any atom is -0.468 e. The summed E-state index contributed by atoms with van der Waals surface area (Å²) in [4.78, 5) is 22.9. The van der Waals surface area contributed by atoms with E-state index in [2.05, 4.69) is 27.1 Å². The van der Waals surface area contributed by atoms with E-state index < -0.39 is 0 Å². The lowest BCUT2D eigenvalue weighted by atomic mass is 10.2. The maximum Gasteiger partial charge on any atom is 0.323 e. The van der Waals surface area contributed by atoms with Crippen LogP contribution in [0.1, 0.15) is 37.7 Å². The molecule has 0 aliphatic carbocycles. The maximum absolute atomic E-state index is 11.8. The van der Waals surface area contributed by atoms with Crippen LogP contribution in [0, 0.1) is 6.92 Å². The fraction of sp³-hybridized carbons (Fsp3) is 0.667. The van der Waals surface area contributed by atoms with E-state index in [1.165, 1.54) is 7.11 Å². The summed E-state index contributed by atoms with van der Waals surface area (Å²) in [5, 5.41) is 3.28. The molecule has 0 saturated carbocycles. The lowest BCUT2D eigenvalue weighted by Gasteiger charge is -2.21. The van der Waals surface area contributed by atoms with Gasteiger partial charge in [-0.2, -0.15) is 0 Å². The molecular formula is C15H24N4O2. The number of carbonyl (C=O) groups is 1. The van der Waals surface area contributed by atoms with Crippen molar-refractivity contribution in [2.45, 2.75) is 45.7 Å². The second-order valence-electron chi connectivity index (χ2n) is 5.39. The molecule has 1 aliphatic rings. The highest BCUT2D eigenvalue weighted by Crippen LogP contribution is 2.20. The molecule has 1 aromatic heterocycles. The molecule has 0 radical (unpaired) electrons. The normalized spacial score (nSPS) is 18.7. The molecule has 0 spiro atoms. The summed E-state index contributed by atoms with van der Waals surface area (Å²) >= 11 is 0. The average molecular weight is 292 g/mol. The van der Waals surface area contributed by atoms with Crippen LogP contribution in [-0.2, 0) is 16.1 Å². The number of nitrogens with one attached hydrogen (secondary N) is 1. The summed E-state index contributed by atoms with van der Waals surface area (Å²) in [5.74, 6) is 1.45. The van der Waals surface area contributed by atoms with Crippen LogP contribution in [0.4, 0.5) is 5.82 Å². The van der Waals surface area contributed by atoms with Gasteiger partial charge in [0.25, 0.3) is 0 Å². The van der Waals surface area contributed by atoms with E-state index in [-0.39, 0.29) is 12.0 Å². The van der Waals surface area contributed by atoms with E-state index in [4.69, 9.17) is 4.74 Å². The summed E-state index contributed by atoms with van der Waals surface area (Å²) in [6.07, 6.45) is 2.90. The number of aromatic nitrogens is 2. The Morgan fingerprint density at radius 3 is 3.05 bits per heavy atom. The third kappa shape index (κ3) is 4.14. The molecule has 2 heterocycles. The number of aryl methyl sites for hydroxylation is 1. The zero-order valence-electron chi connectivity index (χ0n) is 13.1. The van der Waals surface area contributed by atoms with Gasteiger partial charge in [0.15, 0.2) is 0 Å². The topological polar surface area (TPSA) is 67.4 Å². The van der Waals surface area contributed by atoms with E-state index in [0.29, 0.717) is 6.54 Å². The molecule has 6 heteroatoms. The van der Waals surface area contributed by atoms with Crippen molar-refractivity contribution in [2.75, 3.05) is 25.5 Å². The number of methoxy groups -OCH3 is 1. The molecule has 6 nitrogen and oxygen atoms in total. The Morgan fingerprint density at radius 1 is 1.52 bits per heavy atom. The fourth-order valence-electron chi connectivity index (χ4n) is 2.64. The molecule has 1 atom stereocenters. The number of rotatable bonds is 6. The Kier molecular flexibility index (Phi) is 5.50. The Labute approximate surface area is 125 Å². The minimum absolute atomic E-state index is 0.161. The molecule has 1 saturated heterocycles. The number of anilines is 1. The molecule has 0 aromatic carbocycles. The summed E-state index contributed by atoms with van der Waals surface area (Å²) < 4.78 is 4.87. The quantitative estimate of drug-likeness (QED) is 0.806. The van der Waals surface area contributed by atoms with Gasteiger partial charge in [0.05, 0.1) is 13.7 Å². The molecule has 2 rings (SSSR count). The SMILES string of the molecule is CCCNc1cc(C)nc(CN2CCCC2C(=O)OC)n1. The number of hydrogen-bond acceptors (Lipinski definition) is 6. The van der Waals surface area contributed by atoms with Crippen molar-refractivity contribution in [3.8, 4) is 0 Å². The van der Waals surface area contributed by atoms with Gasteiger partial charge in [0.2, 0.25) is 0 Å². The highest BCUT2D eigenvalue weighted by atomic mass is 16.5. The van der Waals surface area contributed by atoms with Gasteiger partial charge in [-0.15, -0.1) is 0 Å². The third-order valence-electron chi connectivity index (χ3n) is 3.64. The number of ether oxygens (including phenoxy) is 1. The molecule has 1 N–H and O–H groups in total. The molecule has 1 fully saturated rings. The first-order valence-electron chi connectivity index (χ1n) is 7.54. The van der Waals surface area contributed by atoms with Crippen molar-refractivity contribution in [2.24, 2.45) is 0 Å². The summed E-state index contributed by atoms with van der Waals surface area (Å²) in [7, 11) is 1.44. The predicted octanol–water partition coefficient (Wildman–Crippen LogP) is 1.74. The summed E-state index contributed by atoms with van der Waals surface area (Å²) in [5.41, 5.74) is 0.937. The first-order chi connectivity index (χ1) is 10.1. The standard InChI is InChI=1S/C15H24N4O2/c1-4-7-16-13-9-11(2)17-14(18-13)10-19-8-5-6-12(19)15(20)21-3/h9,12H,4-8,10H2,1-3H3,(H,16,17,18). The van der Waals surface area contributed by atoms with Crippen molar-refractivity contribution >= 4 is 11.8 Å². The van der Waals surface area contributed by atoms with Gasteiger partial charge < -0.3 is 10.1 Å². The summed E-state index contributed by atoms with van der Waals surface area (Å²) in [6, 6.07) is 1.78. The molecule has 1 aliphatic heterocycles. The number of carbonyl (C=O) groups excluding carboxylic acids is 1. The second kappa shape index (κ2) is 7.36. The van der Waals surface area contributed by atoms with Crippen LogP contribution in [0.5, 0.6) is 0 Å². The average Bonchev–Trinajstić information content (AvgIpc) is 2.91. The Morgan fingerprint density at radius 2 is 2.33 bits per heavy atom. The summed E-state index contributed by atoms with van der Waals surface area (Å²) in [6.45, 7) is 6.44. The molecule has 0 bridgehead atoms. The van der Waals surface area contributed by atoms with Gasteiger partial charge in [0, 0.05) is 18.3 Å². The Hall–Kier alpha value is -1.69. The van der Waals surface area contributed by atoms with Crippen LogP contribution < -0.4 is 5.32 Å². The van der Waals surface area contributed by atoms with Gasteiger partial charge in [-0.1, -0.05) is 6.92 Å². The monoisotopic (exact) mass is 292 g/mol. The van der Waals surface area contributed by atoms with Gasteiger partial charge in [0.1, 0.15) is 17.7 Å². The lowest BCUT2D eigenvalue weighted by molar-refractivity contribution is -0.146. The molecular weight excluding hydrogens is 268 g/mol. The Balaban J connectivity index is 2.07. The van der Waals surface area contributed by atoms with Crippen LogP contribution in [0.15, 0.2) is 6.07 Å². The zero-order valence-corrected chi connectivity index (χ0v) is 13.1. The van der Waals surface area contributed by atoms with Gasteiger partial charge in [-0.3, -0.25) is 9.69 Å². The number of hydrogen-bond donors (Lipinski definition) is 1. The van der Waals surface area contributed by atoms with Gasteiger partial charge in [-0.05, 0) is 32.7 Å². The van der Waals surface area contributed by atoms with Gasteiger partial charge >= 0.3 is 5.97 Å². The first-order valence-corrected chi connectivity index (χ1v) is 7.54. The Bertz CT molecular complexity index is 493. The molecule has 1 aromatic rings. The molecule has 21 heavy (non-hydrogen) atoms. The molecule has 1 unspecified atom stereocenters. The first kappa shape index (κ1) is 15.7. The van der Waals surface area contributed by atoms with E-state index in [1.54, 1.807) is 0 Å². The van der Waals surface area contributed by atoms with Crippen LogP contribution in [0.2, 0.25) is 0 Å². The van der Waals surface area contributed by atoms with Crippen molar-refractivity contribution in [3.63, 3.8) is 0 Å². The fourth-order valence-corrected chi connectivity index (χ4v) is 2.64. The van der Waals surface area contributed by atoms with Crippen LogP contribution in [0.3, 0.4) is 0 Å². The van der Waals surface area contributed by atoms with E-state index in [9.17, 15) is 4.79 Å². The second-order valence-corrected chi connectivity index (χ2v) is 5.39. The van der Waals surface area contributed by atoms with Crippen molar-refractivity contribution in [1.29, 1.82) is 0 Å². The number of esters is 1. The van der Waals surface area contributed by atoms with E-state index in [1.807, 2.05) is 13.0 Å². The van der Waals surface area contributed by atoms with E-state index in [0.717, 1.165) is 49.7 Å². The van der Waals surface area contributed by atoms with Gasteiger partial charge in [-0.25, -0.2) is 9.97 Å². The predicted molar refractivity (Wildman–Crippen MR) is 81.0 cm³/mol. The van der Waals surface area contributed by atoms with Crippen LogP contribution in [0.25, 0.3) is 0 Å². The number of nitrogens with zero attached hydrogens (tertiary/aromatic N) is 3. The lowest BCUT2D eigenvalue weighted by Crippen LogP contribution is -2.36. The molecule has 0 amide bonds. The van der Waals surface area contributed by atoms with Crippen molar-refractivity contribution in [3.05, 3.63) is 17.6 Å². The van der Waals surface area contributed by atoms with Crippen molar-refractivity contribution in [1.82, 2.24) is 14.9 Å². The largest absolute Gasteiger partial charge is 0.468 e. The molecule has 116 valence electrons. The van der Waals surface area contributed by atoms with Crippen LogP contribution >= 0.6 is 0 Å². The van der Waals surface area contributed by atoms with E-state index >= 15 is 0 Å². The smallest absolute Gasteiger partial charge is 0.323 e. The highest BCUT2D eigenvalue weighted by molar-refractivity contribution is 5.75. The zero-order chi connectivity index (χ0) is 15.2. The number of likely N-dealkylation sites (tertiary alicyclic amines) is 1. The van der Waals surface area contributed by atoms with Crippen LogP contribution in [-0.4, -0.2) is 47.1 Å². The maximum atomic E-state index is 11.8. The minimum atomic E-state index is -0.163. The highest BCUT2D eigenvalue weighted by Gasteiger charge is 2.31.